The summed E-state index contributed by atoms with van der Waals surface area (Å²) < 4.78 is 27.9. The number of benzene rings is 2. The normalized spacial score (nSPS) is 13.3. The largest absolute Gasteiger partial charge is 0.454 e. The van der Waals surface area contributed by atoms with Crippen molar-refractivity contribution < 1.29 is 23.0 Å². The molecule has 8 nitrogen and oxygen atoms in total. The number of aromatic nitrogens is 2. The fourth-order valence-corrected chi connectivity index (χ4v) is 3.65. The Morgan fingerprint density at radius 2 is 2.00 bits per heavy atom. The van der Waals surface area contributed by atoms with E-state index in [2.05, 4.69) is 15.5 Å². The topological polar surface area (TPSA) is 104 Å². The second-order valence-corrected chi connectivity index (χ2v) is 7.70. The number of halogens is 1. The summed E-state index contributed by atoms with van der Waals surface area (Å²) in [6.07, 6.45) is 0. The molecule has 1 aliphatic heterocycles. The lowest BCUT2D eigenvalue weighted by atomic mass is 10.2. The van der Waals surface area contributed by atoms with Crippen LogP contribution >= 0.6 is 11.6 Å². The van der Waals surface area contributed by atoms with E-state index in [1.165, 1.54) is 0 Å². The molecule has 28 heavy (non-hydrogen) atoms. The second kappa shape index (κ2) is 7.99. The SMILES string of the molecule is O=C(CS(=O)Cc1nc(-c2ccccc2Cl)no1)Nc1ccc2c(c1)OCO2. The van der Waals surface area contributed by atoms with E-state index in [1.807, 2.05) is 0 Å². The lowest BCUT2D eigenvalue weighted by Gasteiger charge is -2.05. The monoisotopic (exact) mass is 419 g/mol. The molecular weight excluding hydrogens is 406 g/mol. The summed E-state index contributed by atoms with van der Waals surface area (Å²) in [6.45, 7) is 0.150. The molecule has 0 saturated heterocycles. The van der Waals surface area contributed by atoms with Crippen LogP contribution in [0.25, 0.3) is 11.4 Å². The highest BCUT2D eigenvalue weighted by Crippen LogP contribution is 2.34. The van der Waals surface area contributed by atoms with Gasteiger partial charge in [0.2, 0.25) is 24.4 Å². The van der Waals surface area contributed by atoms with Crippen LogP contribution in [-0.2, 0) is 21.3 Å². The van der Waals surface area contributed by atoms with Crippen LogP contribution in [0.2, 0.25) is 5.02 Å². The van der Waals surface area contributed by atoms with E-state index in [4.69, 9.17) is 25.6 Å². The number of carbonyl (C=O) groups excluding carboxylic acids is 1. The summed E-state index contributed by atoms with van der Waals surface area (Å²) >= 11 is 6.10. The fourth-order valence-electron chi connectivity index (χ4n) is 2.57. The molecular formula is C18H14ClN3O5S. The summed E-state index contributed by atoms with van der Waals surface area (Å²) in [7, 11) is -1.52. The molecule has 0 spiro atoms. The van der Waals surface area contributed by atoms with Crippen molar-refractivity contribution in [2.45, 2.75) is 5.75 Å². The molecule has 2 heterocycles. The van der Waals surface area contributed by atoms with Gasteiger partial charge in [-0.25, -0.2) is 0 Å². The quantitative estimate of drug-likeness (QED) is 0.654. The number of anilines is 1. The van der Waals surface area contributed by atoms with Gasteiger partial charge in [0.05, 0.1) is 5.02 Å². The van der Waals surface area contributed by atoms with Crippen LogP contribution < -0.4 is 14.8 Å². The van der Waals surface area contributed by atoms with E-state index in [1.54, 1.807) is 42.5 Å². The summed E-state index contributed by atoms with van der Waals surface area (Å²) in [6, 6.07) is 12.1. The highest BCUT2D eigenvalue weighted by atomic mass is 35.5. The van der Waals surface area contributed by atoms with Crippen molar-refractivity contribution in [2.75, 3.05) is 17.9 Å². The standard InChI is InChI=1S/C18H14ClN3O5S/c19-13-4-2-1-3-12(13)18-21-17(27-22-18)9-28(24)8-16(23)20-11-5-6-14-15(7-11)26-10-25-14/h1-7H,8-10H2,(H,20,23). The van der Waals surface area contributed by atoms with Gasteiger partial charge in [0.25, 0.3) is 0 Å². The van der Waals surface area contributed by atoms with Gasteiger partial charge < -0.3 is 19.3 Å². The van der Waals surface area contributed by atoms with Gasteiger partial charge in [-0.2, -0.15) is 4.98 Å². The zero-order chi connectivity index (χ0) is 19.5. The van der Waals surface area contributed by atoms with Crippen LogP contribution in [0.15, 0.2) is 47.0 Å². The molecule has 1 atom stereocenters. The van der Waals surface area contributed by atoms with E-state index in [0.29, 0.717) is 33.6 Å². The average molecular weight is 420 g/mol. The Bertz CT molecular complexity index is 1060. The summed E-state index contributed by atoms with van der Waals surface area (Å²) in [5.74, 6) is 1.00. The van der Waals surface area contributed by atoms with E-state index in [-0.39, 0.29) is 24.2 Å². The van der Waals surface area contributed by atoms with E-state index in [9.17, 15) is 9.00 Å². The molecule has 0 aliphatic carbocycles. The number of ether oxygens (including phenoxy) is 2. The first-order valence-electron chi connectivity index (χ1n) is 8.20. The molecule has 0 saturated carbocycles. The van der Waals surface area contributed by atoms with Gasteiger partial charge in [0.1, 0.15) is 11.5 Å². The number of carbonyl (C=O) groups is 1. The van der Waals surface area contributed by atoms with Crippen molar-refractivity contribution in [3.63, 3.8) is 0 Å². The zero-order valence-electron chi connectivity index (χ0n) is 14.4. The third-order valence-electron chi connectivity index (χ3n) is 3.82. The van der Waals surface area contributed by atoms with Gasteiger partial charge in [-0.3, -0.25) is 9.00 Å². The van der Waals surface area contributed by atoms with Gasteiger partial charge in [-0.05, 0) is 24.3 Å². The zero-order valence-corrected chi connectivity index (χ0v) is 16.0. The van der Waals surface area contributed by atoms with Crippen molar-refractivity contribution in [2.24, 2.45) is 0 Å². The van der Waals surface area contributed by atoms with E-state index < -0.39 is 16.7 Å². The molecule has 1 aromatic heterocycles. The Kier molecular flexibility index (Phi) is 5.27. The maximum Gasteiger partial charge on any atom is 0.239 e. The molecule has 2 aromatic carbocycles. The Morgan fingerprint density at radius 3 is 2.86 bits per heavy atom. The van der Waals surface area contributed by atoms with Crippen LogP contribution in [0.3, 0.4) is 0 Å². The van der Waals surface area contributed by atoms with Crippen molar-refractivity contribution in [1.82, 2.24) is 10.1 Å². The molecule has 3 aromatic rings. The van der Waals surface area contributed by atoms with E-state index in [0.717, 1.165) is 0 Å². The molecule has 10 heteroatoms. The first kappa shape index (κ1) is 18.5. The minimum absolute atomic E-state index is 0.0357. The number of hydrogen-bond donors (Lipinski definition) is 1. The van der Waals surface area contributed by atoms with Gasteiger partial charge in [0, 0.05) is 28.1 Å². The Labute approximate surface area is 167 Å². The third-order valence-corrected chi connectivity index (χ3v) is 5.30. The number of nitrogens with one attached hydrogen (secondary N) is 1. The average Bonchev–Trinajstić information content (AvgIpc) is 3.30. The van der Waals surface area contributed by atoms with Crippen molar-refractivity contribution in [3.8, 4) is 22.9 Å². The smallest absolute Gasteiger partial charge is 0.239 e. The molecule has 4 rings (SSSR count). The molecule has 1 aliphatic rings. The van der Waals surface area contributed by atoms with Crippen molar-refractivity contribution >= 4 is 34.0 Å². The predicted molar refractivity (Wildman–Crippen MR) is 103 cm³/mol. The number of nitrogens with zero attached hydrogens (tertiary/aromatic N) is 2. The predicted octanol–water partition coefficient (Wildman–Crippen LogP) is 3.01. The molecule has 0 bridgehead atoms. The molecule has 1 unspecified atom stereocenters. The molecule has 1 amide bonds. The third kappa shape index (κ3) is 4.15. The van der Waals surface area contributed by atoms with Gasteiger partial charge >= 0.3 is 0 Å². The van der Waals surface area contributed by atoms with Crippen molar-refractivity contribution in [1.29, 1.82) is 0 Å². The molecule has 0 radical (unpaired) electrons. The Hall–Kier alpha value is -2.91. The lowest BCUT2D eigenvalue weighted by Crippen LogP contribution is -2.20. The summed E-state index contributed by atoms with van der Waals surface area (Å²) in [5.41, 5.74) is 1.15. The van der Waals surface area contributed by atoms with Crippen LogP contribution in [0.1, 0.15) is 5.89 Å². The van der Waals surface area contributed by atoms with Crippen LogP contribution in [-0.4, -0.2) is 32.8 Å². The fraction of sp³-hybridized carbons (Fsp3) is 0.167. The minimum atomic E-state index is -1.52. The first-order valence-corrected chi connectivity index (χ1v) is 10.1. The maximum atomic E-state index is 12.3. The number of fused-ring (bicyclic) bond motifs is 1. The molecule has 0 fully saturated rings. The Balaban J connectivity index is 1.34. The van der Waals surface area contributed by atoms with Crippen molar-refractivity contribution in [3.05, 3.63) is 53.4 Å². The molecule has 1 N–H and O–H groups in total. The first-order chi connectivity index (χ1) is 13.6. The second-order valence-electron chi connectivity index (χ2n) is 5.84. The van der Waals surface area contributed by atoms with Crippen LogP contribution in [0.5, 0.6) is 11.5 Å². The molecule has 144 valence electrons. The van der Waals surface area contributed by atoms with E-state index >= 15 is 0 Å². The summed E-state index contributed by atoms with van der Waals surface area (Å²) in [5, 5.41) is 7.01. The number of rotatable bonds is 6. The summed E-state index contributed by atoms with van der Waals surface area (Å²) in [4.78, 5) is 16.3. The van der Waals surface area contributed by atoms with Gasteiger partial charge in [-0.1, -0.05) is 28.9 Å². The maximum absolute atomic E-state index is 12.3. The van der Waals surface area contributed by atoms with Gasteiger partial charge in [-0.15, -0.1) is 0 Å². The Morgan fingerprint density at radius 1 is 1.18 bits per heavy atom. The van der Waals surface area contributed by atoms with Gasteiger partial charge in [0.15, 0.2) is 11.5 Å². The minimum Gasteiger partial charge on any atom is -0.454 e. The number of hydrogen-bond acceptors (Lipinski definition) is 7. The van der Waals surface area contributed by atoms with Crippen LogP contribution in [0.4, 0.5) is 5.69 Å². The number of amides is 1. The highest BCUT2D eigenvalue weighted by Gasteiger charge is 2.17. The highest BCUT2D eigenvalue weighted by molar-refractivity contribution is 7.84. The lowest BCUT2D eigenvalue weighted by molar-refractivity contribution is -0.113. The van der Waals surface area contributed by atoms with Crippen LogP contribution in [0, 0.1) is 0 Å².